The van der Waals surface area contributed by atoms with Crippen molar-refractivity contribution in [2.24, 2.45) is 0 Å². The van der Waals surface area contributed by atoms with Crippen molar-refractivity contribution in [3.63, 3.8) is 0 Å². The number of halogens is 2. The molecule has 0 spiro atoms. The summed E-state index contributed by atoms with van der Waals surface area (Å²) in [6.07, 6.45) is 3.57. The van der Waals surface area contributed by atoms with E-state index < -0.39 is 0 Å². The quantitative estimate of drug-likeness (QED) is 0.812. The van der Waals surface area contributed by atoms with Crippen molar-refractivity contribution in [3.8, 4) is 0 Å². The third kappa shape index (κ3) is 3.20. The van der Waals surface area contributed by atoms with Gasteiger partial charge in [0.1, 0.15) is 5.82 Å². The zero-order valence-corrected chi connectivity index (χ0v) is 10.4. The third-order valence-electron chi connectivity index (χ3n) is 2.29. The van der Waals surface area contributed by atoms with Gasteiger partial charge < -0.3 is 0 Å². The zero-order chi connectivity index (χ0) is 12.3. The number of nitrogens with zero attached hydrogens (tertiary/aromatic N) is 1. The van der Waals surface area contributed by atoms with Crippen molar-refractivity contribution in [1.82, 2.24) is 4.98 Å². The number of carbonyl (C=O) groups excluding carboxylic acids is 1. The first-order chi connectivity index (χ1) is 8.15. The average molecular weight is 294 g/mol. The molecule has 0 aliphatic rings. The van der Waals surface area contributed by atoms with E-state index in [-0.39, 0.29) is 18.0 Å². The SMILES string of the molecule is O=C(Cc1cncc(Br)c1)c1ccc(F)cc1. The Bertz CT molecular complexity index is 539. The Hall–Kier alpha value is -1.55. The molecule has 0 aliphatic carbocycles. The molecule has 0 fully saturated rings. The predicted molar refractivity (Wildman–Crippen MR) is 66.4 cm³/mol. The maximum Gasteiger partial charge on any atom is 0.167 e. The highest BCUT2D eigenvalue weighted by Crippen LogP contribution is 2.12. The highest BCUT2D eigenvalue weighted by atomic mass is 79.9. The van der Waals surface area contributed by atoms with Gasteiger partial charge in [-0.25, -0.2) is 4.39 Å². The molecule has 1 aromatic heterocycles. The first kappa shape index (κ1) is 11.9. The molecule has 0 radical (unpaired) electrons. The minimum absolute atomic E-state index is 0.0510. The fraction of sp³-hybridized carbons (Fsp3) is 0.0769. The van der Waals surface area contributed by atoms with E-state index in [9.17, 15) is 9.18 Å². The van der Waals surface area contributed by atoms with Crippen LogP contribution in [0, 0.1) is 5.82 Å². The van der Waals surface area contributed by atoms with E-state index in [4.69, 9.17) is 0 Å². The second-order valence-corrected chi connectivity index (χ2v) is 4.53. The molecule has 4 heteroatoms. The second kappa shape index (κ2) is 5.19. The number of aromatic nitrogens is 1. The van der Waals surface area contributed by atoms with Crippen molar-refractivity contribution < 1.29 is 9.18 Å². The summed E-state index contributed by atoms with van der Waals surface area (Å²) < 4.78 is 13.5. The van der Waals surface area contributed by atoms with Gasteiger partial charge in [0.2, 0.25) is 0 Å². The van der Waals surface area contributed by atoms with Gasteiger partial charge in [-0.1, -0.05) is 0 Å². The van der Waals surface area contributed by atoms with Crippen molar-refractivity contribution in [3.05, 3.63) is 64.1 Å². The normalized spacial score (nSPS) is 10.2. The molecule has 2 rings (SSSR count). The summed E-state index contributed by atoms with van der Waals surface area (Å²) in [5.74, 6) is -0.393. The smallest absolute Gasteiger partial charge is 0.167 e. The second-order valence-electron chi connectivity index (χ2n) is 3.62. The Labute approximate surface area is 107 Å². The van der Waals surface area contributed by atoms with Crippen LogP contribution in [0.1, 0.15) is 15.9 Å². The van der Waals surface area contributed by atoms with E-state index in [1.807, 2.05) is 6.07 Å². The van der Waals surface area contributed by atoms with Gasteiger partial charge in [0, 0.05) is 28.9 Å². The largest absolute Gasteiger partial charge is 0.294 e. The summed E-state index contributed by atoms with van der Waals surface area (Å²) in [5.41, 5.74) is 1.33. The number of hydrogen-bond acceptors (Lipinski definition) is 2. The van der Waals surface area contributed by atoms with Crippen molar-refractivity contribution >= 4 is 21.7 Å². The van der Waals surface area contributed by atoms with Crippen LogP contribution in [0.5, 0.6) is 0 Å². The van der Waals surface area contributed by atoms with Crippen LogP contribution >= 0.6 is 15.9 Å². The number of rotatable bonds is 3. The van der Waals surface area contributed by atoms with E-state index in [2.05, 4.69) is 20.9 Å². The lowest BCUT2D eigenvalue weighted by Gasteiger charge is -2.01. The van der Waals surface area contributed by atoms with E-state index in [1.165, 1.54) is 24.3 Å². The molecule has 0 saturated carbocycles. The van der Waals surface area contributed by atoms with Gasteiger partial charge in [-0.15, -0.1) is 0 Å². The lowest BCUT2D eigenvalue weighted by molar-refractivity contribution is 0.0993. The minimum atomic E-state index is -0.342. The summed E-state index contributed by atoms with van der Waals surface area (Å²) in [7, 11) is 0. The predicted octanol–water partition coefficient (Wildman–Crippen LogP) is 3.41. The molecule has 1 aromatic carbocycles. The van der Waals surface area contributed by atoms with E-state index in [0.29, 0.717) is 5.56 Å². The van der Waals surface area contributed by atoms with E-state index in [1.54, 1.807) is 12.4 Å². The van der Waals surface area contributed by atoms with Gasteiger partial charge in [-0.2, -0.15) is 0 Å². The number of ketones is 1. The zero-order valence-electron chi connectivity index (χ0n) is 8.86. The molecule has 0 N–H and O–H groups in total. The molecule has 2 aromatic rings. The standard InChI is InChI=1S/C13H9BrFNO/c14-11-5-9(7-16-8-11)6-13(17)10-1-3-12(15)4-2-10/h1-5,7-8H,6H2. The fourth-order valence-corrected chi connectivity index (χ4v) is 1.89. The van der Waals surface area contributed by atoms with Crippen molar-refractivity contribution in [2.45, 2.75) is 6.42 Å². The first-order valence-corrected chi connectivity index (χ1v) is 5.82. The molecular weight excluding hydrogens is 285 g/mol. The summed E-state index contributed by atoms with van der Waals surface area (Å²) in [4.78, 5) is 15.9. The lowest BCUT2D eigenvalue weighted by Crippen LogP contribution is -2.03. The third-order valence-corrected chi connectivity index (χ3v) is 2.73. The Morgan fingerprint density at radius 2 is 1.94 bits per heavy atom. The van der Waals surface area contributed by atoms with Crippen LogP contribution in [0.4, 0.5) is 4.39 Å². The highest BCUT2D eigenvalue weighted by molar-refractivity contribution is 9.10. The number of benzene rings is 1. The molecule has 0 saturated heterocycles. The molecule has 17 heavy (non-hydrogen) atoms. The lowest BCUT2D eigenvalue weighted by atomic mass is 10.0. The Kier molecular flexibility index (Phi) is 3.64. The summed E-state index contributed by atoms with van der Waals surface area (Å²) in [6.45, 7) is 0. The monoisotopic (exact) mass is 293 g/mol. The molecule has 86 valence electrons. The van der Waals surface area contributed by atoms with Crippen molar-refractivity contribution in [2.75, 3.05) is 0 Å². The van der Waals surface area contributed by atoms with Gasteiger partial charge in [0.15, 0.2) is 5.78 Å². The molecule has 1 heterocycles. The first-order valence-electron chi connectivity index (χ1n) is 5.03. The van der Waals surface area contributed by atoms with Gasteiger partial charge in [0.25, 0.3) is 0 Å². The topological polar surface area (TPSA) is 30.0 Å². The summed E-state index contributed by atoms with van der Waals surface area (Å²) in [5, 5.41) is 0. The number of hydrogen-bond donors (Lipinski definition) is 0. The fourth-order valence-electron chi connectivity index (χ4n) is 1.48. The Morgan fingerprint density at radius 1 is 1.24 bits per heavy atom. The molecular formula is C13H9BrFNO. The van der Waals surface area contributed by atoms with Crippen LogP contribution in [0.25, 0.3) is 0 Å². The maximum atomic E-state index is 12.7. The summed E-state index contributed by atoms with van der Waals surface area (Å²) >= 11 is 3.29. The molecule has 0 aliphatic heterocycles. The van der Waals surface area contributed by atoms with Crippen LogP contribution in [-0.2, 0) is 6.42 Å². The maximum absolute atomic E-state index is 12.7. The molecule has 0 bridgehead atoms. The van der Waals surface area contributed by atoms with E-state index >= 15 is 0 Å². The average Bonchev–Trinajstić information content (AvgIpc) is 2.29. The van der Waals surface area contributed by atoms with E-state index in [0.717, 1.165) is 10.0 Å². The van der Waals surface area contributed by atoms with Crippen LogP contribution in [0.2, 0.25) is 0 Å². The summed E-state index contributed by atoms with van der Waals surface area (Å²) in [6, 6.07) is 7.39. The number of Topliss-reactive ketones (excluding diaryl/α,β-unsaturated/α-hetero) is 1. The number of carbonyl (C=O) groups is 1. The van der Waals surface area contributed by atoms with Crippen LogP contribution < -0.4 is 0 Å². The van der Waals surface area contributed by atoms with Crippen LogP contribution in [-0.4, -0.2) is 10.8 Å². The molecule has 0 unspecified atom stereocenters. The van der Waals surface area contributed by atoms with Gasteiger partial charge in [-0.05, 0) is 51.8 Å². The molecule has 0 amide bonds. The van der Waals surface area contributed by atoms with Gasteiger partial charge in [0.05, 0.1) is 0 Å². The Morgan fingerprint density at radius 3 is 2.59 bits per heavy atom. The highest BCUT2D eigenvalue weighted by Gasteiger charge is 2.07. The molecule has 2 nitrogen and oxygen atoms in total. The van der Waals surface area contributed by atoms with Crippen molar-refractivity contribution in [1.29, 1.82) is 0 Å². The number of pyridine rings is 1. The minimum Gasteiger partial charge on any atom is -0.294 e. The van der Waals surface area contributed by atoms with Gasteiger partial charge >= 0.3 is 0 Å². The van der Waals surface area contributed by atoms with Crippen LogP contribution in [0.3, 0.4) is 0 Å². The molecule has 0 atom stereocenters. The van der Waals surface area contributed by atoms with Crippen LogP contribution in [0.15, 0.2) is 47.2 Å². The Balaban J connectivity index is 2.14. The van der Waals surface area contributed by atoms with Gasteiger partial charge in [-0.3, -0.25) is 9.78 Å².